The number of hydrogen-bond donors (Lipinski definition) is 1. The normalized spacial score (nSPS) is 22.3. The van der Waals surface area contributed by atoms with Crippen molar-refractivity contribution in [3.05, 3.63) is 35.0 Å². The van der Waals surface area contributed by atoms with Crippen LogP contribution in [0.1, 0.15) is 29.1 Å². The summed E-state index contributed by atoms with van der Waals surface area (Å²) in [7, 11) is 2.06. The first-order valence-corrected chi connectivity index (χ1v) is 7.99. The molecule has 3 heterocycles. The van der Waals surface area contributed by atoms with E-state index in [1.807, 2.05) is 26.1 Å². The van der Waals surface area contributed by atoms with Crippen LogP contribution in [0.5, 0.6) is 0 Å². The zero-order valence-electron chi connectivity index (χ0n) is 13.9. The van der Waals surface area contributed by atoms with Crippen molar-refractivity contribution in [3.8, 4) is 0 Å². The fourth-order valence-electron chi connectivity index (χ4n) is 3.25. The van der Waals surface area contributed by atoms with Crippen molar-refractivity contribution in [1.82, 2.24) is 25.2 Å². The molecule has 0 bridgehead atoms. The Morgan fingerprint density at radius 3 is 2.96 bits per heavy atom. The lowest BCUT2D eigenvalue weighted by atomic mass is 10.1. The molecule has 0 spiro atoms. The number of H-pyrrole nitrogens is 1. The molecule has 6 nitrogen and oxygen atoms in total. The van der Waals surface area contributed by atoms with Crippen molar-refractivity contribution in [2.45, 2.75) is 45.6 Å². The average molecular weight is 321 g/mol. The third-order valence-corrected chi connectivity index (χ3v) is 4.41. The van der Waals surface area contributed by atoms with Gasteiger partial charge in [-0.2, -0.15) is 5.10 Å². The maximum absolute atomic E-state index is 13.9. The molecule has 0 radical (unpaired) electrons. The minimum absolute atomic E-state index is 0.188. The van der Waals surface area contributed by atoms with E-state index in [2.05, 4.69) is 32.2 Å². The number of nitrogens with one attached hydrogen (secondary N) is 1. The molecule has 0 aromatic carbocycles. The van der Waals surface area contributed by atoms with Crippen molar-refractivity contribution >= 4 is 0 Å². The third-order valence-electron chi connectivity index (χ3n) is 4.41. The van der Waals surface area contributed by atoms with Crippen LogP contribution in [0.15, 0.2) is 16.8 Å². The highest BCUT2D eigenvalue weighted by Gasteiger charge is 2.33. The van der Waals surface area contributed by atoms with Gasteiger partial charge in [0.2, 0.25) is 0 Å². The standard InChI is InChI=1S/C16H24FN5O/c1-11-4-16(23-20-11)10-22-8-14(17)5-15(22)9-21(3)7-13-6-18-19-12(13)2/h4,6,14-15H,5,7-10H2,1-3H3,(H,18,19)/t14-,15-/m0/s1. The van der Waals surface area contributed by atoms with E-state index < -0.39 is 6.17 Å². The Hall–Kier alpha value is -1.73. The van der Waals surface area contributed by atoms with Gasteiger partial charge < -0.3 is 9.42 Å². The van der Waals surface area contributed by atoms with Crippen molar-refractivity contribution in [1.29, 1.82) is 0 Å². The van der Waals surface area contributed by atoms with Crippen LogP contribution in [-0.4, -0.2) is 57.5 Å². The second-order valence-electron chi connectivity index (χ2n) is 6.57. The van der Waals surface area contributed by atoms with Crippen molar-refractivity contribution in [2.24, 2.45) is 0 Å². The molecule has 1 N–H and O–H groups in total. The number of rotatable bonds is 6. The quantitative estimate of drug-likeness (QED) is 0.882. The van der Waals surface area contributed by atoms with Gasteiger partial charge in [-0.15, -0.1) is 0 Å². The highest BCUT2D eigenvalue weighted by Crippen LogP contribution is 2.24. The molecule has 2 aromatic rings. The predicted octanol–water partition coefficient (Wildman–Crippen LogP) is 2.06. The van der Waals surface area contributed by atoms with Crippen LogP contribution in [0.25, 0.3) is 0 Å². The van der Waals surface area contributed by atoms with Crippen LogP contribution >= 0.6 is 0 Å². The molecule has 2 atom stereocenters. The van der Waals surface area contributed by atoms with Gasteiger partial charge in [0, 0.05) is 43.0 Å². The molecule has 1 aliphatic heterocycles. The maximum Gasteiger partial charge on any atom is 0.150 e. The smallest absolute Gasteiger partial charge is 0.150 e. The minimum Gasteiger partial charge on any atom is -0.360 e. The Morgan fingerprint density at radius 1 is 1.48 bits per heavy atom. The summed E-state index contributed by atoms with van der Waals surface area (Å²) in [4.78, 5) is 4.38. The minimum atomic E-state index is -0.770. The van der Waals surface area contributed by atoms with Crippen LogP contribution in [0.2, 0.25) is 0 Å². The van der Waals surface area contributed by atoms with E-state index in [9.17, 15) is 4.39 Å². The summed E-state index contributed by atoms with van der Waals surface area (Å²) in [5.41, 5.74) is 3.13. The number of aromatic amines is 1. The highest BCUT2D eigenvalue weighted by atomic mass is 19.1. The molecule has 3 rings (SSSR count). The van der Waals surface area contributed by atoms with Gasteiger partial charge in [-0.25, -0.2) is 4.39 Å². The molecular formula is C16H24FN5O. The van der Waals surface area contributed by atoms with Crippen LogP contribution in [0.4, 0.5) is 4.39 Å². The summed E-state index contributed by atoms with van der Waals surface area (Å²) in [6.45, 7) is 6.62. The molecule has 7 heteroatoms. The number of alkyl halides is 1. The SMILES string of the molecule is Cc1cc(CN2C[C@@H](F)C[C@H]2CN(C)Cc2cn[nH]c2C)on1. The largest absolute Gasteiger partial charge is 0.360 e. The van der Waals surface area contributed by atoms with Crippen molar-refractivity contribution < 1.29 is 8.91 Å². The topological polar surface area (TPSA) is 61.2 Å². The van der Waals surface area contributed by atoms with Crippen LogP contribution in [0, 0.1) is 13.8 Å². The molecule has 126 valence electrons. The summed E-state index contributed by atoms with van der Waals surface area (Å²) < 4.78 is 19.2. The van der Waals surface area contributed by atoms with E-state index in [0.29, 0.717) is 19.5 Å². The molecule has 1 aliphatic rings. The summed E-state index contributed by atoms with van der Waals surface area (Å²) in [5.74, 6) is 0.801. The van der Waals surface area contributed by atoms with Gasteiger partial charge >= 0.3 is 0 Å². The van der Waals surface area contributed by atoms with Gasteiger partial charge in [0.1, 0.15) is 6.17 Å². The summed E-state index contributed by atoms with van der Waals surface area (Å²) in [5, 5.41) is 10.9. The highest BCUT2D eigenvalue weighted by molar-refractivity contribution is 5.14. The lowest BCUT2D eigenvalue weighted by Crippen LogP contribution is -2.38. The number of aryl methyl sites for hydroxylation is 2. The Balaban J connectivity index is 1.59. The first-order chi connectivity index (χ1) is 11.0. The van der Waals surface area contributed by atoms with Gasteiger partial charge in [-0.3, -0.25) is 10.00 Å². The van der Waals surface area contributed by atoms with Gasteiger partial charge in [0.15, 0.2) is 5.76 Å². The predicted molar refractivity (Wildman–Crippen MR) is 84.6 cm³/mol. The van der Waals surface area contributed by atoms with E-state index in [1.165, 1.54) is 5.56 Å². The Morgan fingerprint density at radius 2 is 2.30 bits per heavy atom. The molecule has 1 saturated heterocycles. The van der Waals surface area contributed by atoms with Crippen LogP contribution in [0.3, 0.4) is 0 Å². The zero-order valence-corrected chi connectivity index (χ0v) is 13.9. The number of hydrogen-bond acceptors (Lipinski definition) is 5. The maximum atomic E-state index is 13.9. The van der Waals surface area contributed by atoms with Gasteiger partial charge in [-0.1, -0.05) is 5.16 Å². The summed E-state index contributed by atoms with van der Waals surface area (Å²) >= 11 is 0. The van der Waals surface area contributed by atoms with Gasteiger partial charge in [-0.05, 0) is 27.3 Å². The summed E-state index contributed by atoms with van der Waals surface area (Å²) in [6.07, 6.45) is 1.66. The second-order valence-corrected chi connectivity index (χ2v) is 6.57. The fraction of sp³-hybridized carbons (Fsp3) is 0.625. The Kier molecular flexibility index (Phi) is 4.77. The molecule has 0 aliphatic carbocycles. The lowest BCUT2D eigenvalue weighted by molar-refractivity contribution is 0.166. The van der Waals surface area contributed by atoms with E-state index >= 15 is 0 Å². The van der Waals surface area contributed by atoms with E-state index in [4.69, 9.17) is 4.52 Å². The number of halogens is 1. The van der Waals surface area contributed by atoms with Crippen molar-refractivity contribution in [2.75, 3.05) is 20.1 Å². The molecule has 1 fully saturated rings. The first kappa shape index (κ1) is 16.1. The van der Waals surface area contributed by atoms with E-state index in [1.54, 1.807) is 0 Å². The van der Waals surface area contributed by atoms with Gasteiger partial charge in [0.05, 0.1) is 18.4 Å². The van der Waals surface area contributed by atoms with Gasteiger partial charge in [0.25, 0.3) is 0 Å². The Bertz CT molecular complexity index is 640. The number of likely N-dealkylation sites (N-methyl/N-ethyl adjacent to an activating group) is 1. The number of aromatic nitrogens is 3. The average Bonchev–Trinajstić information content (AvgIpc) is 3.15. The van der Waals surface area contributed by atoms with E-state index in [-0.39, 0.29) is 6.04 Å². The van der Waals surface area contributed by atoms with Crippen LogP contribution < -0.4 is 0 Å². The molecule has 0 saturated carbocycles. The Labute approximate surface area is 135 Å². The third kappa shape index (κ3) is 3.97. The molecule has 0 amide bonds. The zero-order chi connectivity index (χ0) is 16.4. The monoisotopic (exact) mass is 321 g/mol. The number of likely N-dealkylation sites (tertiary alicyclic amines) is 1. The lowest BCUT2D eigenvalue weighted by Gasteiger charge is -2.27. The molecular weight excluding hydrogens is 297 g/mol. The second kappa shape index (κ2) is 6.80. The molecule has 0 unspecified atom stereocenters. The van der Waals surface area contributed by atoms with E-state index in [0.717, 1.165) is 30.2 Å². The summed E-state index contributed by atoms with van der Waals surface area (Å²) in [6, 6.07) is 2.11. The van der Waals surface area contributed by atoms with Crippen LogP contribution in [-0.2, 0) is 13.1 Å². The van der Waals surface area contributed by atoms with Crippen molar-refractivity contribution in [3.63, 3.8) is 0 Å². The molecule has 2 aromatic heterocycles. The fourth-order valence-corrected chi connectivity index (χ4v) is 3.25. The number of nitrogens with zero attached hydrogens (tertiary/aromatic N) is 4. The first-order valence-electron chi connectivity index (χ1n) is 7.99. The molecule has 23 heavy (non-hydrogen) atoms.